The molecule has 0 saturated heterocycles. The van der Waals surface area contributed by atoms with Crippen molar-refractivity contribution in [3.63, 3.8) is 0 Å². The highest BCUT2D eigenvalue weighted by molar-refractivity contribution is 7.52. The van der Waals surface area contributed by atoms with E-state index in [4.69, 9.17) is 4.52 Å². The van der Waals surface area contributed by atoms with Gasteiger partial charge in [-0.15, -0.1) is 0 Å². The van der Waals surface area contributed by atoms with E-state index in [0.717, 1.165) is 10.9 Å². The molecule has 18 heavy (non-hydrogen) atoms. The predicted molar refractivity (Wildman–Crippen MR) is 68.3 cm³/mol. The predicted octanol–water partition coefficient (Wildman–Crippen LogP) is 1.74. The van der Waals surface area contributed by atoms with Gasteiger partial charge in [0.25, 0.3) is 0 Å². The minimum atomic E-state index is -3.48. The summed E-state index contributed by atoms with van der Waals surface area (Å²) in [4.78, 5) is 9.48. The van der Waals surface area contributed by atoms with Crippen molar-refractivity contribution in [3.05, 3.63) is 36.5 Å². The van der Waals surface area contributed by atoms with Crippen LogP contribution in [0, 0.1) is 0 Å². The van der Waals surface area contributed by atoms with Gasteiger partial charge in [0.15, 0.2) is 12.7 Å². The second-order valence-corrected chi connectivity index (χ2v) is 5.90. The Morgan fingerprint density at radius 2 is 2.17 bits per heavy atom. The summed E-state index contributed by atoms with van der Waals surface area (Å²) in [7, 11) is -3.48. The van der Waals surface area contributed by atoms with Gasteiger partial charge in [0, 0.05) is 16.6 Å². The quantitative estimate of drug-likeness (QED) is 0.662. The van der Waals surface area contributed by atoms with Gasteiger partial charge < -0.3 is 9.42 Å². The van der Waals surface area contributed by atoms with Gasteiger partial charge in [-0.3, -0.25) is 4.57 Å². The molecule has 2 rings (SSSR count). The third kappa shape index (κ3) is 3.35. The van der Waals surface area contributed by atoms with Gasteiger partial charge in [0.1, 0.15) is 11.7 Å². The highest BCUT2D eigenvalue weighted by atomic mass is 31.2. The van der Waals surface area contributed by atoms with Crippen molar-refractivity contribution in [1.29, 1.82) is 0 Å². The molecule has 5 nitrogen and oxygen atoms in total. The molecule has 0 amide bonds. The molecule has 0 fully saturated rings. The largest absolute Gasteiger partial charge is 0.334 e. The highest BCUT2D eigenvalue weighted by Crippen LogP contribution is 2.40. The summed E-state index contributed by atoms with van der Waals surface area (Å²) in [6.45, 7) is 2.30. The summed E-state index contributed by atoms with van der Waals surface area (Å²) in [6.07, 6.45) is 1.87. The van der Waals surface area contributed by atoms with Crippen LogP contribution in [-0.2, 0) is 15.6 Å². The second-order valence-electron chi connectivity index (χ2n) is 3.92. The van der Waals surface area contributed by atoms with Gasteiger partial charge in [0.2, 0.25) is 0 Å². The van der Waals surface area contributed by atoms with Crippen LogP contribution in [0.4, 0.5) is 0 Å². The Morgan fingerprint density at radius 1 is 1.39 bits per heavy atom. The smallest absolute Gasteiger partial charge is 0.324 e. The molecular formula is C12H16N2O3P+. The lowest BCUT2D eigenvalue weighted by Crippen LogP contribution is -2.39. The molecule has 1 aromatic carbocycles. The van der Waals surface area contributed by atoms with E-state index in [9.17, 15) is 9.46 Å². The summed E-state index contributed by atoms with van der Waals surface area (Å²) in [5.74, 6) is 0. The molecule has 0 spiro atoms. The van der Waals surface area contributed by atoms with Crippen molar-refractivity contribution < 1.29 is 18.7 Å². The molecule has 1 N–H and O–H groups in total. The molecule has 1 unspecified atom stereocenters. The monoisotopic (exact) mass is 267 g/mol. The van der Waals surface area contributed by atoms with Crippen LogP contribution in [0.3, 0.4) is 0 Å². The second kappa shape index (κ2) is 5.57. The summed E-state index contributed by atoms with van der Waals surface area (Å²) >= 11 is 0. The van der Waals surface area contributed by atoms with Gasteiger partial charge in [-0.25, -0.2) is 0 Å². The van der Waals surface area contributed by atoms with E-state index in [1.54, 1.807) is 17.8 Å². The van der Waals surface area contributed by atoms with Crippen LogP contribution in [0.1, 0.15) is 6.92 Å². The van der Waals surface area contributed by atoms with Gasteiger partial charge in [-0.05, 0) is 13.0 Å². The van der Waals surface area contributed by atoms with Crippen LogP contribution >= 0.6 is 7.60 Å². The first-order valence-electron chi connectivity index (χ1n) is 5.82. The number of aryl methyl sites for hydroxylation is 1. The van der Waals surface area contributed by atoms with Gasteiger partial charge in [-0.1, -0.05) is 22.9 Å². The van der Waals surface area contributed by atoms with E-state index in [2.05, 4.69) is 5.10 Å². The maximum absolute atomic E-state index is 11.5. The Hall–Kier alpha value is -1.29. The zero-order valence-corrected chi connectivity index (χ0v) is 11.1. The van der Waals surface area contributed by atoms with Gasteiger partial charge >= 0.3 is 7.60 Å². The molecule has 0 aliphatic rings. The summed E-state index contributed by atoms with van der Waals surface area (Å²) in [6, 6.07) is 9.68. The lowest BCUT2D eigenvalue weighted by atomic mass is 10.2. The molecule has 1 atom stereocenters. The molecule has 0 aliphatic heterocycles. The molecule has 0 bridgehead atoms. The molecule has 96 valence electrons. The molecule has 2 aromatic rings. The van der Waals surface area contributed by atoms with E-state index in [1.807, 2.05) is 30.3 Å². The van der Waals surface area contributed by atoms with Crippen molar-refractivity contribution in [2.24, 2.45) is 0 Å². The first kappa shape index (κ1) is 13.1. The number of hydrogen-bond acceptors (Lipinski definition) is 3. The fourth-order valence-electron chi connectivity index (χ4n) is 1.68. The molecule has 0 radical (unpaired) electrons. The third-order valence-electron chi connectivity index (χ3n) is 2.54. The number of fused-ring (bicyclic) bond motifs is 1. The van der Waals surface area contributed by atoms with Crippen molar-refractivity contribution in [1.82, 2.24) is 5.10 Å². The van der Waals surface area contributed by atoms with Crippen LogP contribution in [-0.4, -0.2) is 22.8 Å². The van der Waals surface area contributed by atoms with Crippen molar-refractivity contribution in [2.45, 2.75) is 13.5 Å². The maximum Gasteiger partial charge on any atom is 0.334 e. The SMILES string of the molecule is CCOP(=O)(O)CC[n+]1ccc2ccccc2n1. The van der Waals surface area contributed by atoms with Crippen LogP contribution < -0.4 is 4.68 Å². The molecular weight excluding hydrogens is 251 g/mol. The zero-order valence-electron chi connectivity index (χ0n) is 10.2. The lowest BCUT2D eigenvalue weighted by molar-refractivity contribution is -0.747. The molecule has 1 aromatic heterocycles. The average molecular weight is 267 g/mol. The number of hydrogen-bond donors (Lipinski definition) is 1. The summed E-state index contributed by atoms with van der Waals surface area (Å²) < 4.78 is 18.0. The molecule has 0 saturated carbocycles. The minimum absolute atomic E-state index is 0.0663. The molecule has 0 aliphatic carbocycles. The molecule has 6 heteroatoms. The number of nitrogens with zero attached hydrogens (tertiary/aromatic N) is 2. The number of aromatic nitrogens is 2. The third-order valence-corrected chi connectivity index (χ3v) is 3.97. The lowest BCUT2D eigenvalue weighted by Gasteiger charge is -2.07. The summed E-state index contributed by atoms with van der Waals surface area (Å²) in [5, 5.41) is 5.41. The maximum atomic E-state index is 11.5. The van der Waals surface area contributed by atoms with E-state index in [1.165, 1.54) is 0 Å². The van der Waals surface area contributed by atoms with Gasteiger partial charge in [-0.2, -0.15) is 0 Å². The normalized spacial score (nSPS) is 14.6. The Morgan fingerprint density at radius 3 is 2.94 bits per heavy atom. The Balaban J connectivity index is 2.10. The standard InChI is InChI=1S/C12H15N2O3P/c1-2-17-18(15,16)10-9-14-8-7-11-5-3-4-6-12(11)13-14/h3-8H,2,9-10H2,1H3/p+1. The van der Waals surface area contributed by atoms with E-state index < -0.39 is 7.60 Å². The van der Waals surface area contributed by atoms with Crippen molar-refractivity contribution >= 4 is 18.5 Å². The average Bonchev–Trinajstić information content (AvgIpc) is 2.36. The van der Waals surface area contributed by atoms with Crippen LogP contribution in [0.25, 0.3) is 10.9 Å². The fraction of sp³-hybridized carbons (Fsp3) is 0.333. The van der Waals surface area contributed by atoms with Crippen LogP contribution in [0.5, 0.6) is 0 Å². The Labute approximate surface area is 106 Å². The Bertz CT molecular complexity index is 588. The number of benzene rings is 1. The van der Waals surface area contributed by atoms with E-state index >= 15 is 0 Å². The van der Waals surface area contributed by atoms with Crippen molar-refractivity contribution in [3.8, 4) is 0 Å². The van der Waals surface area contributed by atoms with E-state index in [-0.39, 0.29) is 12.8 Å². The topological polar surface area (TPSA) is 63.3 Å². The number of rotatable bonds is 5. The first-order valence-corrected chi connectivity index (χ1v) is 7.59. The van der Waals surface area contributed by atoms with Gasteiger partial charge in [0.05, 0.1) is 6.61 Å². The van der Waals surface area contributed by atoms with Crippen LogP contribution in [0.15, 0.2) is 36.5 Å². The highest BCUT2D eigenvalue weighted by Gasteiger charge is 2.21. The van der Waals surface area contributed by atoms with Crippen LogP contribution in [0.2, 0.25) is 0 Å². The summed E-state index contributed by atoms with van der Waals surface area (Å²) in [5.41, 5.74) is 0.865. The fourth-order valence-corrected chi connectivity index (χ4v) is 2.67. The Kier molecular flexibility index (Phi) is 4.07. The van der Waals surface area contributed by atoms with Crippen molar-refractivity contribution in [2.75, 3.05) is 12.8 Å². The minimum Gasteiger partial charge on any atom is -0.324 e. The van der Waals surface area contributed by atoms with E-state index in [0.29, 0.717) is 6.54 Å². The zero-order chi connectivity index (χ0) is 13.0. The first-order chi connectivity index (χ1) is 8.61. The molecule has 1 heterocycles.